The maximum Gasteiger partial charge on any atom is 0.137 e. The van der Waals surface area contributed by atoms with Gasteiger partial charge in [0.15, 0.2) is 0 Å². The summed E-state index contributed by atoms with van der Waals surface area (Å²) in [6.45, 7) is 1.35. The van der Waals surface area contributed by atoms with Crippen molar-refractivity contribution in [2.75, 3.05) is 19.6 Å². The van der Waals surface area contributed by atoms with Crippen LogP contribution in [0.25, 0.3) is 0 Å². The third-order valence-electron chi connectivity index (χ3n) is 4.36. The number of rotatable bonds is 5. The molecular formula is C16H20F2N4O2. The molecule has 2 N–H and O–H groups in total. The molecule has 130 valence electrons. The Balaban J connectivity index is 1.88. The van der Waals surface area contributed by atoms with Crippen LogP contribution >= 0.6 is 0 Å². The highest BCUT2D eigenvalue weighted by atomic mass is 19.1. The molecule has 8 heteroatoms. The van der Waals surface area contributed by atoms with Crippen molar-refractivity contribution >= 4 is 0 Å². The first-order valence-corrected chi connectivity index (χ1v) is 7.87. The van der Waals surface area contributed by atoms with Crippen molar-refractivity contribution in [1.29, 1.82) is 0 Å². The second-order valence-electron chi connectivity index (χ2n) is 6.26. The highest BCUT2D eigenvalue weighted by Gasteiger charge is 2.36. The molecule has 1 atom stereocenters. The van der Waals surface area contributed by atoms with Crippen LogP contribution in [0.2, 0.25) is 0 Å². The Morgan fingerprint density at radius 1 is 1.21 bits per heavy atom. The van der Waals surface area contributed by atoms with Gasteiger partial charge in [-0.3, -0.25) is 4.90 Å². The number of piperidine rings is 1. The molecule has 6 nitrogen and oxygen atoms in total. The van der Waals surface area contributed by atoms with E-state index in [1.807, 2.05) is 4.90 Å². The van der Waals surface area contributed by atoms with Gasteiger partial charge in [0.05, 0.1) is 12.6 Å². The van der Waals surface area contributed by atoms with Gasteiger partial charge in [-0.05, 0) is 18.9 Å². The summed E-state index contributed by atoms with van der Waals surface area (Å²) in [6, 6.07) is 3.16. The molecule has 24 heavy (non-hydrogen) atoms. The Morgan fingerprint density at radius 3 is 2.58 bits per heavy atom. The van der Waals surface area contributed by atoms with Crippen LogP contribution in [-0.4, -0.2) is 55.6 Å². The zero-order valence-corrected chi connectivity index (χ0v) is 13.1. The SMILES string of the molecule is OC1CCN(CC(O)(Cn2cncn2)c2ccc(F)cc2F)CC1. The van der Waals surface area contributed by atoms with Crippen LogP contribution in [0.3, 0.4) is 0 Å². The first kappa shape index (κ1) is 16.9. The monoisotopic (exact) mass is 338 g/mol. The fraction of sp³-hybridized carbons (Fsp3) is 0.500. The van der Waals surface area contributed by atoms with Crippen LogP contribution in [-0.2, 0) is 12.1 Å². The van der Waals surface area contributed by atoms with Gasteiger partial charge in [-0.15, -0.1) is 0 Å². The maximum atomic E-state index is 14.3. The number of hydrogen-bond donors (Lipinski definition) is 2. The molecule has 0 saturated carbocycles. The van der Waals surface area contributed by atoms with Gasteiger partial charge < -0.3 is 10.2 Å². The average molecular weight is 338 g/mol. The van der Waals surface area contributed by atoms with E-state index < -0.39 is 17.2 Å². The molecule has 0 amide bonds. The molecule has 0 bridgehead atoms. The van der Waals surface area contributed by atoms with Crippen LogP contribution in [0.4, 0.5) is 8.78 Å². The number of halogens is 2. The normalized spacial score (nSPS) is 19.3. The molecule has 1 aliphatic heterocycles. The average Bonchev–Trinajstić information content (AvgIpc) is 3.02. The fourth-order valence-electron chi connectivity index (χ4n) is 3.12. The van der Waals surface area contributed by atoms with Crippen molar-refractivity contribution in [3.63, 3.8) is 0 Å². The van der Waals surface area contributed by atoms with Crippen molar-refractivity contribution in [2.24, 2.45) is 0 Å². The van der Waals surface area contributed by atoms with Crippen molar-refractivity contribution in [1.82, 2.24) is 19.7 Å². The minimum atomic E-state index is -1.59. The van der Waals surface area contributed by atoms with E-state index in [0.717, 1.165) is 12.1 Å². The molecule has 1 aromatic heterocycles. The minimum absolute atomic E-state index is 0.00535. The molecule has 1 aromatic carbocycles. The van der Waals surface area contributed by atoms with E-state index in [2.05, 4.69) is 10.1 Å². The van der Waals surface area contributed by atoms with Crippen LogP contribution in [0.5, 0.6) is 0 Å². The molecule has 3 rings (SSSR count). The number of aromatic nitrogens is 3. The largest absolute Gasteiger partial charge is 0.393 e. The Labute approximate surface area is 138 Å². The number of likely N-dealkylation sites (tertiary alicyclic amines) is 1. The molecule has 0 spiro atoms. The second kappa shape index (κ2) is 6.92. The number of aliphatic hydroxyl groups excluding tert-OH is 1. The maximum absolute atomic E-state index is 14.3. The number of aliphatic hydroxyl groups is 2. The van der Waals surface area contributed by atoms with Crippen molar-refractivity contribution in [2.45, 2.75) is 31.1 Å². The third kappa shape index (κ3) is 3.77. The molecule has 1 unspecified atom stereocenters. The van der Waals surface area contributed by atoms with Crippen LogP contribution in [0.1, 0.15) is 18.4 Å². The predicted molar refractivity (Wildman–Crippen MR) is 82.0 cm³/mol. The van der Waals surface area contributed by atoms with E-state index in [4.69, 9.17) is 0 Å². The lowest BCUT2D eigenvalue weighted by Gasteiger charge is -2.37. The van der Waals surface area contributed by atoms with E-state index in [1.54, 1.807) is 0 Å². The Kier molecular flexibility index (Phi) is 4.88. The summed E-state index contributed by atoms with van der Waals surface area (Å²) in [6.07, 6.45) is 3.63. The smallest absolute Gasteiger partial charge is 0.137 e. The van der Waals surface area contributed by atoms with Gasteiger partial charge in [0.2, 0.25) is 0 Å². The van der Waals surface area contributed by atoms with Gasteiger partial charge in [-0.25, -0.2) is 18.4 Å². The summed E-state index contributed by atoms with van der Waals surface area (Å²) in [5.41, 5.74) is -1.57. The lowest BCUT2D eigenvalue weighted by atomic mass is 9.91. The summed E-state index contributed by atoms with van der Waals surface area (Å²) in [5, 5.41) is 24.8. The van der Waals surface area contributed by atoms with Gasteiger partial charge in [-0.2, -0.15) is 5.10 Å². The van der Waals surface area contributed by atoms with Crippen molar-refractivity contribution < 1.29 is 19.0 Å². The van der Waals surface area contributed by atoms with E-state index in [1.165, 1.54) is 23.4 Å². The van der Waals surface area contributed by atoms with E-state index in [9.17, 15) is 19.0 Å². The van der Waals surface area contributed by atoms with Gasteiger partial charge in [-0.1, -0.05) is 6.07 Å². The molecule has 0 aliphatic carbocycles. The highest BCUT2D eigenvalue weighted by molar-refractivity contribution is 5.25. The third-order valence-corrected chi connectivity index (χ3v) is 4.36. The zero-order chi connectivity index (χ0) is 17.2. The van der Waals surface area contributed by atoms with Gasteiger partial charge >= 0.3 is 0 Å². The number of hydrogen-bond acceptors (Lipinski definition) is 5. The van der Waals surface area contributed by atoms with E-state index >= 15 is 0 Å². The molecule has 2 aromatic rings. The summed E-state index contributed by atoms with van der Waals surface area (Å²) in [5.74, 6) is -1.49. The van der Waals surface area contributed by atoms with Crippen molar-refractivity contribution in [3.8, 4) is 0 Å². The fourth-order valence-corrected chi connectivity index (χ4v) is 3.12. The van der Waals surface area contributed by atoms with Gasteiger partial charge in [0, 0.05) is 31.3 Å². The number of β-amino-alcohol motifs (C(OH)–C–C–N with tert-alkyl or cyclic N) is 1. The van der Waals surface area contributed by atoms with Crippen LogP contribution < -0.4 is 0 Å². The second-order valence-corrected chi connectivity index (χ2v) is 6.26. The summed E-state index contributed by atoms with van der Waals surface area (Å²) in [7, 11) is 0. The van der Waals surface area contributed by atoms with E-state index in [-0.39, 0.29) is 24.8 Å². The topological polar surface area (TPSA) is 74.4 Å². The Bertz CT molecular complexity index is 675. The Hall–Kier alpha value is -1.90. The molecule has 2 heterocycles. The minimum Gasteiger partial charge on any atom is -0.393 e. The summed E-state index contributed by atoms with van der Waals surface area (Å²) >= 11 is 0. The quantitative estimate of drug-likeness (QED) is 0.847. The van der Waals surface area contributed by atoms with Crippen molar-refractivity contribution in [3.05, 3.63) is 48.1 Å². The highest BCUT2D eigenvalue weighted by Crippen LogP contribution is 2.28. The standard InChI is InChI=1S/C16H20F2N4O2/c17-12-1-2-14(15(18)7-12)16(24,9-22-11-19-10-20-22)8-21-5-3-13(23)4-6-21/h1-2,7,10-11,13,23-24H,3-6,8-9H2. The molecule has 1 aliphatic rings. The van der Waals surface area contributed by atoms with Gasteiger partial charge in [0.25, 0.3) is 0 Å². The molecule has 1 fully saturated rings. The number of nitrogens with zero attached hydrogens (tertiary/aromatic N) is 4. The van der Waals surface area contributed by atoms with Crippen LogP contribution in [0.15, 0.2) is 30.9 Å². The first-order chi connectivity index (χ1) is 11.5. The number of benzene rings is 1. The molecular weight excluding hydrogens is 318 g/mol. The summed E-state index contributed by atoms with van der Waals surface area (Å²) < 4.78 is 28.9. The first-order valence-electron chi connectivity index (χ1n) is 7.87. The summed E-state index contributed by atoms with van der Waals surface area (Å²) in [4.78, 5) is 5.80. The van der Waals surface area contributed by atoms with E-state index in [0.29, 0.717) is 25.9 Å². The lowest BCUT2D eigenvalue weighted by molar-refractivity contribution is -0.0351. The Morgan fingerprint density at radius 2 is 1.96 bits per heavy atom. The molecule has 0 radical (unpaired) electrons. The molecule has 1 saturated heterocycles. The lowest BCUT2D eigenvalue weighted by Crippen LogP contribution is -2.47. The van der Waals surface area contributed by atoms with Gasteiger partial charge in [0.1, 0.15) is 29.9 Å². The van der Waals surface area contributed by atoms with Crippen LogP contribution in [0, 0.1) is 11.6 Å². The zero-order valence-electron chi connectivity index (χ0n) is 13.1. The predicted octanol–water partition coefficient (Wildman–Crippen LogP) is 0.901.